The molecule has 0 spiro atoms. The number of carbonyl (C=O) groups is 1. The minimum Gasteiger partial charge on any atom is -0.444 e. The van der Waals surface area contributed by atoms with Crippen LogP contribution < -0.4 is 5.32 Å². The molecule has 0 aromatic heterocycles. The number of ether oxygens (including phenoxy) is 1. The Labute approximate surface area is 193 Å². The summed E-state index contributed by atoms with van der Waals surface area (Å²) in [5.41, 5.74) is -0.453. The molecule has 0 aromatic carbocycles. The van der Waals surface area contributed by atoms with Gasteiger partial charge in [-0.3, -0.25) is 9.89 Å². The highest BCUT2D eigenvalue weighted by atomic mass is 127. The van der Waals surface area contributed by atoms with E-state index in [1.807, 2.05) is 25.7 Å². The van der Waals surface area contributed by atoms with Gasteiger partial charge in [0.2, 0.25) is 0 Å². The molecule has 0 bridgehead atoms. The summed E-state index contributed by atoms with van der Waals surface area (Å²) >= 11 is 0. The number of piperazine rings is 2. The highest BCUT2D eigenvalue weighted by Crippen LogP contribution is 2.18. The van der Waals surface area contributed by atoms with Gasteiger partial charge >= 0.3 is 6.09 Å². The molecule has 2 fully saturated rings. The van der Waals surface area contributed by atoms with Crippen LogP contribution in [0.2, 0.25) is 0 Å². The zero-order chi connectivity index (χ0) is 20.3. The van der Waals surface area contributed by atoms with Crippen molar-refractivity contribution < 1.29 is 9.53 Å². The first kappa shape index (κ1) is 24.5. The Morgan fingerprint density at radius 2 is 1.90 bits per heavy atom. The molecule has 9 heteroatoms. The summed E-state index contributed by atoms with van der Waals surface area (Å²) in [5.74, 6) is 0.993. The number of amides is 1. The Balaban J connectivity index is 0.00000300. The molecule has 8 nitrogen and oxygen atoms in total. The van der Waals surface area contributed by atoms with Crippen LogP contribution in [0.5, 0.6) is 0 Å². The summed E-state index contributed by atoms with van der Waals surface area (Å²) in [6, 6.07) is 0.746. The maximum atomic E-state index is 12.3. The molecule has 168 valence electrons. The molecule has 3 aliphatic heterocycles. The second-order valence-corrected chi connectivity index (χ2v) is 9.14. The Bertz CT molecular complexity index is 574. The minimum atomic E-state index is -0.453. The van der Waals surface area contributed by atoms with Gasteiger partial charge in [0.15, 0.2) is 5.96 Å². The van der Waals surface area contributed by atoms with Crippen molar-refractivity contribution in [1.29, 1.82) is 0 Å². The van der Waals surface area contributed by atoms with Crippen molar-refractivity contribution in [2.24, 2.45) is 4.99 Å². The van der Waals surface area contributed by atoms with Gasteiger partial charge in [-0.05, 0) is 34.2 Å². The fraction of sp³-hybridized carbons (Fsp3) is 0.900. The fourth-order valence-corrected chi connectivity index (χ4v) is 4.11. The first-order valence-corrected chi connectivity index (χ1v) is 10.8. The SMILES string of the molecule is CCN1CCN(C(C)CNC2=NCC3CN(C(=O)OC(C)(C)C)CCN23)CC1.I. The van der Waals surface area contributed by atoms with Crippen molar-refractivity contribution in [3.05, 3.63) is 0 Å². The molecule has 0 aromatic rings. The highest BCUT2D eigenvalue weighted by Gasteiger charge is 2.36. The van der Waals surface area contributed by atoms with Gasteiger partial charge in [0.25, 0.3) is 0 Å². The number of guanidine groups is 1. The summed E-state index contributed by atoms with van der Waals surface area (Å²) in [5, 5.41) is 3.57. The Morgan fingerprint density at radius 1 is 1.21 bits per heavy atom. The molecule has 0 radical (unpaired) electrons. The van der Waals surface area contributed by atoms with E-state index in [9.17, 15) is 4.79 Å². The van der Waals surface area contributed by atoms with Crippen molar-refractivity contribution >= 4 is 36.0 Å². The number of nitrogens with zero attached hydrogens (tertiary/aromatic N) is 5. The molecule has 0 saturated carbocycles. The van der Waals surface area contributed by atoms with E-state index in [-0.39, 0.29) is 36.1 Å². The lowest BCUT2D eigenvalue weighted by Crippen LogP contribution is -2.58. The molecule has 3 aliphatic rings. The van der Waals surface area contributed by atoms with E-state index in [1.54, 1.807) is 0 Å². The first-order chi connectivity index (χ1) is 13.3. The average Bonchev–Trinajstić information content (AvgIpc) is 3.07. The third kappa shape index (κ3) is 6.58. The number of carbonyl (C=O) groups excluding carboxylic acids is 1. The lowest BCUT2D eigenvalue weighted by atomic mass is 10.2. The lowest BCUT2D eigenvalue weighted by Gasteiger charge is -2.40. The summed E-state index contributed by atoms with van der Waals surface area (Å²) in [7, 11) is 0. The van der Waals surface area contributed by atoms with E-state index >= 15 is 0 Å². The van der Waals surface area contributed by atoms with Crippen molar-refractivity contribution in [1.82, 2.24) is 24.9 Å². The van der Waals surface area contributed by atoms with Crippen LogP contribution in [0.4, 0.5) is 4.79 Å². The second-order valence-electron chi connectivity index (χ2n) is 9.14. The third-order valence-corrected chi connectivity index (χ3v) is 5.89. The van der Waals surface area contributed by atoms with E-state index in [0.717, 1.165) is 58.3 Å². The Kier molecular flexibility index (Phi) is 8.84. The Morgan fingerprint density at radius 3 is 2.52 bits per heavy atom. The molecule has 2 unspecified atom stereocenters. The van der Waals surface area contributed by atoms with E-state index in [4.69, 9.17) is 9.73 Å². The van der Waals surface area contributed by atoms with E-state index in [2.05, 4.69) is 33.9 Å². The predicted octanol–water partition coefficient (Wildman–Crippen LogP) is 1.51. The van der Waals surface area contributed by atoms with Gasteiger partial charge in [0, 0.05) is 58.4 Å². The fourth-order valence-electron chi connectivity index (χ4n) is 4.11. The van der Waals surface area contributed by atoms with Crippen LogP contribution in [0.15, 0.2) is 4.99 Å². The van der Waals surface area contributed by atoms with Gasteiger partial charge in [-0.1, -0.05) is 6.92 Å². The van der Waals surface area contributed by atoms with Crippen LogP contribution in [-0.4, -0.2) is 115 Å². The smallest absolute Gasteiger partial charge is 0.410 e. The molecule has 1 amide bonds. The summed E-state index contributed by atoms with van der Waals surface area (Å²) in [4.78, 5) is 26.3. The normalized spacial score (nSPS) is 24.4. The first-order valence-electron chi connectivity index (χ1n) is 10.8. The monoisotopic (exact) mass is 522 g/mol. The number of aliphatic imine (C=N–C) groups is 1. The van der Waals surface area contributed by atoms with Gasteiger partial charge in [-0.2, -0.15) is 0 Å². The van der Waals surface area contributed by atoms with Gasteiger partial charge in [-0.15, -0.1) is 24.0 Å². The standard InChI is InChI=1S/C20H38N6O2.HI/c1-6-23-7-9-24(10-8-23)16(2)13-21-18-22-14-17-15-25(11-12-26(17)18)19(27)28-20(3,4)5;/h16-17H,6-15H2,1-5H3,(H,21,22);1H. The molecule has 2 saturated heterocycles. The van der Waals surface area contributed by atoms with Crippen LogP contribution in [0.1, 0.15) is 34.6 Å². The Hall–Kier alpha value is -0.810. The van der Waals surface area contributed by atoms with Crippen LogP contribution in [0.25, 0.3) is 0 Å². The lowest BCUT2D eigenvalue weighted by molar-refractivity contribution is 0.0137. The topological polar surface area (TPSA) is 63.6 Å². The number of hydrogen-bond acceptors (Lipinski definition) is 7. The van der Waals surface area contributed by atoms with Gasteiger partial charge in [0.05, 0.1) is 12.6 Å². The molecule has 29 heavy (non-hydrogen) atoms. The quantitative estimate of drug-likeness (QED) is 0.565. The van der Waals surface area contributed by atoms with Gasteiger partial charge < -0.3 is 24.8 Å². The van der Waals surface area contributed by atoms with Crippen molar-refractivity contribution in [2.45, 2.75) is 52.3 Å². The number of halogens is 1. The number of likely N-dealkylation sites (N-methyl/N-ethyl adjacent to an activating group) is 1. The van der Waals surface area contributed by atoms with Gasteiger partial charge in [0.1, 0.15) is 5.60 Å². The zero-order valence-electron chi connectivity index (χ0n) is 18.7. The van der Waals surface area contributed by atoms with Crippen LogP contribution >= 0.6 is 24.0 Å². The predicted molar refractivity (Wildman–Crippen MR) is 127 cm³/mol. The summed E-state index contributed by atoms with van der Waals surface area (Å²) in [6.07, 6.45) is -0.214. The summed E-state index contributed by atoms with van der Waals surface area (Å²) in [6.45, 7) is 19.8. The highest BCUT2D eigenvalue weighted by molar-refractivity contribution is 14.0. The molecular formula is C20H39IN6O2. The van der Waals surface area contributed by atoms with E-state index in [0.29, 0.717) is 19.1 Å². The maximum Gasteiger partial charge on any atom is 0.410 e. The molecule has 3 heterocycles. The second kappa shape index (κ2) is 10.5. The molecule has 0 aliphatic carbocycles. The van der Waals surface area contributed by atoms with Crippen molar-refractivity contribution in [3.8, 4) is 0 Å². The number of nitrogens with one attached hydrogen (secondary N) is 1. The van der Waals surface area contributed by atoms with Gasteiger partial charge in [-0.25, -0.2) is 4.79 Å². The largest absolute Gasteiger partial charge is 0.444 e. The van der Waals surface area contributed by atoms with E-state index in [1.165, 1.54) is 0 Å². The number of hydrogen-bond donors (Lipinski definition) is 1. The van der Waals surface area contributed by atoms with Crippen LogP contribution in [-0.2, 0) is 4.74 Å². The van der Waals surface area contributed by atoms with Crippen molar-refractivity contribution in [2.75, 3.05) is 65.4 Å². The van der Waals surface area contributed by atoms with Crippen molar-refractivity contribution in [3.63, 3.8) is 0 Å². The summed E-state index contributed by atoms with van der Waals surface area (Å²) < 4.78 is 5.52. The molecular weight excluding hydrogens is 483 g/mol. The number of fused-ring (bicyclic) bond motifs is 1. The maximum absolute atomic E-state index is 12.3. The van der Waals surface area contributed by atoms with Crippen LogP contribution in [0.3, 0.4) is 0 Å². The van der Waals surface area contributed by atoms with Crippen LogP contribution in [0, 0.1) is 0 Å². The minimum absolute atomic E-state index is 0. The number of rotatable bonds is 4. The molecule has 2 atom stereocenters. The zero-order valence-corrected chi connectivity index (χ0v) is 21.0. The van der Waals surface area contributed by atoms with E-state index < -0.39 is 5.60 Å². The molecule has 3 rings (SSSR count). The molecule has 1 N–H and O–H groups in total. The average molecular weight is 522 g/mol. The third-order valence-electron chi connectivity index (χ3n) is 5.89.